The van der Waals surface area contributed by atoms with Crippen LogP contribution < -0.4 is 10.6 Å². The Balaban J connectivity index is 1.83. The molecule has 0 aliphatic carbocycles. The number of para-hydroxylation sites is 1. The summed E-state index contributed by atoms with van der Waals surface area (Å²) in [5.74, 6) is -0.425. The van der Waals surface area contributed by atoms with Crippen LogP contribution in [0.4, 0.5) is 5.69 Å². The van der Waals surface area contributed by atoms with Crippen LogP contribution in [0.25, 0.3) is 0 Å². The van der Waals surface area contributed by atoms with E-state index >= 15 is 0 Å². The van der Waals surface area contributed by atoms with Crippen LogP contribution in [-0.2, 0) is 20.7 Å². The third-order valence-electron chi connectivity index (χ3n) is 3.25. The van der Waals surface area contributed by atoms with Crippen molar-refractivity contribution in [1.82, 2.24) is 5.32 Å². The molecule has 0 aromatic heterocycles. The number of hydrogen-bond acceptors (Lipinski definition) is 4. The average molecular weight is 262 g/mol. The Kier molecular flexibility index (Phi) is 4.39. The number of amides is 1. The molecule has 5 nitrogen and oxygen atoms in total. The number of fused-ring (bicyclic) bond motifs is 1. The topological polar surface area (TPSA) is 67.4 Å². The number of carbonyl (C=O) groups is 2. The maximum atomic E-state index is 12.0. The average Bonchev–Trinajstić information content (AvgIpc) is 2.46. The summed E-state index contributed by atoms with van der Waals surface area (Å²) in [6, 6.07) is 7.98. The van der Waals surface area contributed by atoms with Crippen molar-refractivity contribution >= 4 is 17.6 Å². The van der Waals surface area contributed by atoms with Gasteiger partial charge in [0.2, 0.25) is 5.91 Å². The maximum absolute atomic E-state index is 12.0. The van der Waals surface area contributed by atoms with Crippen molar-refractivity contribution in [2.75, 3.05) is 25.5 Å². The van der Waals surface area contributed by atoms with Gasteiger partial charge in [-0.15, -0.1) is 0 Å². The molecule has 1 atom stereocenters. The van der Waals surface area contributed by atoms with Crippen molar-refractivity contribution in [3.05, 3.63) is 29.8 Å². The van der Waals surface area contributed by atoms with E-state index in [9.17, 15) is 9.59 Å². The first kappa shape index (κ1) is 13.4. The predicted octanol–water partition coefficient (Wildman–Crippen LogP) is 0.950. The molecule has 1 aromatic carbocycles. The van der Waals surface area contributed by atoms with Gasteiger partial charge in [0.1, 0.15) is 0 Å². The van der Waals surface area contributed by atoms with Crippen LogP contribution in [-0.4, -0.2) is 32.1 Å². The molecule has 0 spiro atoms. The highest BCUT2D eigenvalue weighted by Gasteiger charge is 2.23. The molecule has 1 aliphatic heterocycles. The van der Waals surface area contributed by atoms with Crippen molar-refractivity contribution in [2.24, 2.45) is 5.92 Å². The first-order valence-corrected chi connectivity index (χ1v) is 6.37. The fourth-order valence-electron chi connectivity index (χ4n) is 2.16. The Hall–Kier alpha value is -2.04. The van der Waals surface area contributed by atoms with Crippen LogP contribution in [0.15, 0.2) is 24.3 Å². The van der Waals surface area contributed by atoms with Crippen LogP contribution in [0.1, 0.15) is 12.0 Å². The van der Waals surface area contributed by atoms with Gasteiger partial charge in [-0.3, -0.25) is 9.59 Å². The van der Waals surface area contributed by atoms with Gasteiger partial charge in [-0.1, -0.05) is 18.2 Å². The van der Waals surface area contributed by atoms with E-state index in [4.69, 9.17) is 0 Å². The van der Waals surface area contributed by atoms with Crippen LogP contribution in [0.5, 0.6) is 0 Å². The van der Waals surface area contributed by atoms with Gasteiger partial charge in [-0.25, -0.2) is 0 Å². The fraction of sp³-hybridized carbons (Fsp3) is 0.429. The molecule has 1 aromatic rings. The second-order valence-corrected chi connectivity index (χ2v) is 4.56. The summed E-state index contributed by atoms with van der Waals surface area (Å²) >= 11 is 0. The highest BCUT2D eigenvalue weighted by molar-refractivity contribution is 5.81. The molecule has 0 bridgehead atoms. The Bertz CT molecular complexity index is 474. The van der Waals surface area contributed by atoms with Crippen molar-refractivity contribution in [3.8, 4) is 0 Å². The second-order valence-electron chi connectivity index (χ2n) is 4.56. The van der Waals surface area contributed by atoms with Crippen molar-refractivity contribution in [2.45, 2.75) is 12.8 Å². The lowest BCUT2D eigenvalue weighted by atomic mass is 9.93. The van der Waals surface area contributed by atoms with E-state index in [1.165, 1.54) is 7.11 Å². The summed E-state index contributed by atoms with van der Waals surface area (Å²) in [5.41, 5.74) is 2.25. The first-order valence-electron chi connectivity index (χ1n) is 6.37. The Labute approximate surface area is 112 Å². The van der Waals surface area contributed by atoms with E-state index in [-0.39, 0.29) is 24.2 Å². The lowest BCUT2D eigenvalue weighted by Gasteiger charge is -2.25. The number of nitrogens with one attached hydrogen (secondary N) is 2. The van der Waals surface area contributed by atoms with Crippen molar-refractivity contribution < 1.29 is 14.3 Å². The first-order chi connectivity index (χ1) is 9.20. The van der Waals surface area contributed by atoms with Gasteiger partial charge < -0.3 is 15.4 Å². The summed E-state index contributed by atoms with van der Waals surface area (Å²) in [5, 5.41) is 6.02. The lowest BCUT2D eigenvalue weighted by molar-refractivity contribution is -0.140. The van der Waals surface area contributed by atoms with Gasteiger partial charge in [0.15, 0.2) is 0 Å². The SMILES string of the molecule is COC(=O)CCNC(=O)C1CNc2ccccc2C1. The number of ether oxygens (including phenoxy) is 1. The summed E-state index contributed by atoms with van der Waals surface area (Å²) in [4.78, 5) is 22.9. The molecular formula is C14H18N2O3. The molecule has 1 heterocycles. The second kappa shape index (κ2) is 6.22. The highest BCUT2D eigenvalue weighted by Crippen LogP contribution is 2.24. The van der Waals surface area contributed by atoms with Crippen molar-refractivity contribution in [1.29, 1.82) is 0 Å². The van der Waals surface area contributed by atoms with Gasteiger partial charge in [-0.05, 0) is 18.1 Å². The van der Waals surface area contributed by atoms with Gasteiger partial charge in [0.05, 0.1) is 19.4 Å². The summed E-state index contributed by atoms with van der Waals surface area (Å²) in [6.45, 7) is 0.949. The zero-order valence-electron chi connectivity index (χ0n) is 10.9. The molecule has 0 saturated heterocycles. The number of anilines is 1. The zero-order chi connectivity index (χ0) is 13.7. The van der Waals surface area contributed by atoms with Crippen LogP contribution in [0.2, 0.25) is 0 Å². The number of methoxy groups -OCH3 is 1. The quantitative estimate of drug-likeness (QED) is 0.793. The number of rotatable bonds is 4. The molecule has 0 fully saturated rings. The van der Waals surface area contributed by atoms with E-state index in [0.717, 1.165) is 17.7 Å². The molecule has 0 radical (unpaired) electrons. The molecular weight excluding hydrogens is 244 g/mol. The Morgan fingerprint density at radius 3 is 3.00 bits per heavy atom. The largest absolute Gasteiger partial charge is 0.469 e. The minimum Gasteiger partial charge on any atom is -0.469 e. The van der Waals surface area contributed by atoms with E-state index < -0.39 is 0 Å². The monoisotopic (exact) mass is 262 g/mol. The molecule has 1 unspecified atom stereocenters. The maximum Gasteiger partial charge on any atom is 0.307 e. The molecule has 19 heavy (non-hydrogen) atoms. The fourth-order valence-corrected chi connectivity index (χ4v) is 2.16. The van der Waals surface area contributed by atoms with Gasteiger partial charge in [0.25, 0.3) is 0 Å². The minimum absolute atomic E-state index is 0.0223. The van der Waals surface area contributed by atoms with Gasteiger partial charge in [-0.2, -0.15) is 0 Å². The molecule has 102 valence electrons. The van der Waals surface area contributed by atoms with Crippen molar-refractivity contribution in [3.63, 3.8) is 0 Å². The van der Waals surface area contributed by atoms with E-state index in [0.29, 0.717) is 13.1 Å². The van der Waals surface area contributed by atoms with E-state index in [2.05, 4.69) is 15.4 Å². The zero-order valence-corrected chi connectivity index (χ0v) is 10.9. The van der Waals surface area contributed by atoms with Crippen LogP contribution in [0.3, 0.4) is 0 Å². The molecule has 2 N–H and O–H groups in total. The molecule has 1 amide bonds. The predicted molar refractivity (Wildman–Crippen MR) is 71.8 cm³/mol. The summed E-state index contributed by atoms with van der Waals surface area (Å²) in [6.07, 6.45) is 0.937. The van der Waals surface area contributed by atoms with Crippen LogP contribution in [0, 0.1) is 5.92 Å². The summed E-state index contributed by atoms with van der Waals surface area (Å²) < 4.78 is 4.52. The molecule has 5 heteroatoms. The Morgan fingerprint density at radius 1 is 1.42 bits per heavy atom. The van der Waals surface area contributed by atoms with Gasteiger partial charge in [0, 0.05) is 18.8 Å². The highest BCUT2D eigenvalue weighted by atomic mass is 16.5. The summed E-state index contributed by atoms with van der Waals surface area (Å²) in [7, 11) is 1.34. The Morgan fingerprint density at radius 2 is 2.21 bits per heavy atom. The third-order valence-corrected chi connectivity index (χ3v) is 3.25. The number of carbonyl (C=O) groups excluding carboxylic acids is 2. The third kappa shape index (κ3) is 3.47. The van der Waals surface area contributed by atoms with E-state index in [1.54, 1.807) is 0 Å². The van der Waals surface area contributed by atoms with Gasteiger partial charge >= 0.3 is 5.97 Å². The smallest absolute Gasteiger partial charge is 0.307 e. The van der Waals surface area contributed by atoms with E-state index in [1.807, 2.05) is 24.3 Å². The molecule has 1 aliphatic rings. The number of esters is 1. The van der Waals surface area contributed by atoms with Crippen LogP contribution >= 0.6 is 0 Å². The number of benzene rings is 1. The lowest BCUT2D eigenvalue weighted by Crippen LogP contribution is -2.39. The normalized spacial score (nSPS) is 17.0. The minimum atomic E-state index is -0.313. The standard InChI is InChI=1S/C14H18N2O3/c1-19-13(17)6-7-15-14(18)11-8-10-4-2-3-5-12(10)16-9-11/h2-5,11,16H,6-9H2,1H3,(H,15,18). The molecule has 2 rings (SSSR count). The number of hydrogen-bond donors (Lipinski definition) is 2. The molecule has 0 saturated carbocycles.